The Hall–Kier alpha value is -3.59. The molecule has 150 valence electrons. The van der Waals surface area contributed by atoms with Crippen LogP contribution in [0.4, 0.5) is 14.5 Å². The first-order chi connectivity index (χ1) is 14.5. The number of hydrogen-bond acceptors (Lipinski definition) is 5. The van der Waals surface area contributed by atoms with E-state index < -0.39 is 16.6 Å². The summed E-state index contributed by atoms with van der Waals surface area (Å²) in [6.07, 6.45) is 0. The van der Waals surface area contributed by atoms with Gasteiger partial charge in [0, 0.05) is 29.5 Å². The lowest BCUT2D eigenvalue weighted by Gasteiger charge is -2.11. The smallest absolute Gasteiger partial charge is 0.267 e. The Morgan fingerprint density at radius 2 is 1.77 bits per heavy atom. The Bertz CT molecular complexity index is 1210. The summed E-state index contributed by atoms with van der Waals surface area (Å²) in [4.78, 5) is 10.5. The summed E-state index contributed by atoms with van der Waals surface area (Å²) in [5, 5.41) is 19.8. The number of halogens is 2. The molecule has 0 spiro atoms. The zero-order valence-corrected chi connectivity index (χ0v) is 16.2. The molecule has 4 aromatic rings. The second-order valence-electron chi connectivity index (χ2n) is 6.32. The maximum absolute atomic E-state index is 14.6. The van der Waals surface area contributed by atoms with Crippen LogP contribution < -0.4 is 0 Å². The van der Waals surface area contributed by atoms with E-state index in [0.717, 1.165) is 11.6 Å². The number of benzene rings is 3. The van der Waals surface area contributed by atoms with E-state index in [9.17, 15) is 18.9 Å². The van der Waals surface area contributed by atoms with Crippen molar-refractivity contribution in [1.82, 2.24) is 14.8 Å². The van der Waals surface area contributed by atoms with Crippen molar-refractivity contribution in [1.29, 1.82) is 0 Å². The molecule has 30 heavy (non-hydrogen) atoms. The van der Waals surface area contributed by atoms with E-state index >= 15 is 0 Å². The van der Waals surface area contributed by atoms with E-state index in [1.54, 1.807) is 12.1 Å². The molecular formula is C21H14F2N4O2S. The topological polar surface area (TPSA) is 73.8 Å². The van der Waals surface area contributed by atoms with Crippen LogP contribution in [0.3, 0.4) is 0 Å². The van der Waals surface area contributed by atoms with Crippen LogP contribution in [0.2, 0.25) is 0 Å². The molecule has 0 saturated heterocycles. The van der Waals surface area contributed by atoms with Crippen LogP contribution >= 0.6 is 11.8 Å². The largest absolute Gasteiger partial charge is 0.269 e. The quantitative estimate of drug-likeness (QED) is 0.235. The van der Waals surface area contributed by atoms with Gasteiger partial charge < -0.3 is 0 Å². The van der Waals surface area contributed by atoms with Gasteiger partial charge in [0.25, 0.3) is 5.69 Å². The summed E-state index contributed by atoms with van der Waals surface area (Å²) in [6.45, 7) is 0. The predicted molar refractivity (Wildman–Crippen MR) is 109 cm³/mol. The molecule has 9 heteroatoms. The molecule has 0 amide bonds. The van der Waals surface area contributed by atoms with Gasteiger partial charge in [-0.25, -0.2) is 8.78 Å². The Kier molecular flexibility index (Phi) is 5.53. The summed E-state index contributed by atoms with van der Waals surface area (Å²) in [7, 11) is 0. The standard InChI is InChI=1S/C21H14F2N4O2S/c22-16-9-10-19(18(23)12-16)26-20(15-6-2-1-3-7-15)24-25-21(26)30-13-14-5-4-8-17(11-14)27(28)29/h1-12H,13H2. The van der Waals surface area contributed by atoms with Gasteiger partial charge in [-0.05, 0) is 17.7 Å². The van der Waals surface area contributed by atoms with E-state index in [0.29, 0.717) is 22.3 Å². The lowest BCUT2D eigenvalue weighted by atomic mass is 10.2. The fourth-order valence-corrected chi connectivity index (χ4v) is 3.81. The maximum atomic E-state index is 14.6. The van der Waals surface area contributed by atoms with Crippen molar-refractivity contribution < 1.29 is 13.7 Å². The van der Waals surface area contributed by atoms with Gasteiger partial charge in [-0.1, -0.05) is 54.2 Å². The average molecular weight is 424 g/mol. The number of nitrogens with zero attached hydrogens (tertiary/aromatic N) is 4. The van der Waals surface area contributed by atoms with Crippen LogP contribution in [-0.4, -0.2) is 19.7 Å². The van der Waals surface area contributed by atoms with Gasteiger partial charge in [-0.15, -0.1) is 10.2 Å². The first-order valence-corrected chi connectivity index (χ1v) is 9.84. The number of nitro groups is 1. The molecule has 3 aromatic carbocycles. The number of non-ortho nitro benzene ring substituents is 1. The highest BCUT2D eigenvalue weighted by atomic mass is 32.2. The van der Waals surface area contributed by atoms with E-state index in [1.165, 1.54) is 40.6 Å². The fraction of sp³-hybridized carbons (Fsp3) is 0.0476. The van der Waals surface area contributed by atoms with Crippen molar-refractivity contribution in [2.24, 2.45) is 0 Å². The van der Waals surface area contributed by atoms with Crippen LogP contribution in [-0.2, 0) is 5.75 Å². The third-order valence-electron chi connectivity index (χ3n) is 4.31. The molecule has 0 radical (unpaired) electrons. The van der Waals surface area contributed by atoms with Gasteiger partial charge in [0.15, 0.2) is 11.0 Å². The molecule has 4 rings (SSSR count). The van der Waals surface area contributed by atoms with Crippen LogP contribution in [0.25, 0.3) is 17.1 Å². The molecular weight excluding hydrogens is 410 g/mol. The maximum Gasteiger partial charge on any atom is 0.269 e. The van der Waals surface area contributed by atoms with Crippen molar-refractivity contribution in [2.45, 2.75) is 10.9 Å². The highest BCUT2D eigenvalue weighted by Crippen LogP contribution is 2.31. The van der Waals surface area contributed by atoms with E-state index in [-0.39, 0.29) is 11.4 Å². The first-order valence-electron chi connectivity index (χ1n) is 8.85. The Balaban J connectivity index is 1.74. The zero-order chi connectivity index (χ0) is 21.1. The fourth-order valence-electron chi connectivity index (χ4n) is 2.93. The highest BCUT2D eigenvalue weighted by Gasteiger charge is 2.19. The molecule has 0 atom stereocenters. The number of nitro benzene ring substituents is 1. The Labute approximate surface area is 174 Å². The van der Waals surface area contributed by atoms with E-state index in [2.05, 4.69) is 10.2 Å². The van der Waals surface area contributed by atoms with E-state index in [4.69, 9.17) is 0 Å². The monoisotopic (exact) mass is 424 g/mol. The molecule has 0 aliphatic carbocycles. The van der Waals surface area contributed by atoms with Crippen LogP contribution in [0.5, 0.6) is 0 Å². The van der Waals surface area contributed by atoms with Gasteiger partial charge >= 0.3 is 0 Å². The second-order valence-corrected chi connectivity index (χ2v) is 7.26. The normalized spacial score (nSPS) is 10.9. The van der Waals surface area contributed by atoms with Crippen molar-refractivity contribution in [3.05, 3.63) is 100 Å². The first kappa shape index (κ1) is 19.7. The molecule has 0 aliphatic rings. The van der Waals surface area contributed by atoms with Crippen molar-refractivity contribution in [3.63, 3.8) is 0 Å². The van der Waals surface area contributed by atoms with Crippen molar-refractivity contribution in [2.75, 3.05) is 0 Å². The lowest BCUT2D eigenvalue weighted by Crippen LogP contribution is -2.03. The SMILES string of the molecule is O=[N+]([O-])c1cccc(CSc2nnc(-c3ccccc3)n2-c2ccc(F)cc2F)c1. The second kappa shape index (κ2) is 8.42. The average Bonchev–Trinajstić information content (AvgIpc) is 3.17. The van der Waals surface area contributed by atoms with Crippen LogP contribution in [0.15, 0.2) is 78.0 Å². The number of thioether (sulfide) groups is 1. The van der Waals surface area contributed by atoms with Crippen LogP contribution in [0.1, 0.15) is 5.56 Å². The van der Waals surface area contributed by atoms with Crippen LogP contribution in [0, 0.1) is 21.7 Å². The Morgan fingerprint density at radius 3 is 2.50 bits per heavy atom. The Morgan fingerprint density at radius 1 is 0.967 bits per heavy atom. The number of hydrogen-bond donors (Lipinski definition) is 0. The summed E-state index contributed by atoms with van der Waals surface area (Å²) in [6, 6.07) is 18.7. The minimum absolute atomic E-state index is 0.0101. The molecule has 0 N–H and O–H groups in total. The lowest BCUT2D eigenvalue weighted by molar-refractivity contribution is -0.384. The third-order valence-corrected chi connectivity index (χ3v) is 5.31. The van der Waals surface area contributed by atoms with Crippen molar-refractivity contribution in [3.8, 4) is 17.1 Å². The molecule has 1 heterocycles. The summed E-state index contributed by atoms with van der Waals surface area (Å²) >= 11 is 1.25. The minimum Gasteiger partial charge on any atom is -0.267 e. The molecule has 0 fully saturated rings. The predicted octanol–water partition coefficient (Wildman–Crippen LogP) is 5.41. The third kappa shape index (κ3) is 4.06. The van der Waals surface area contributed by atoms with Gasteiger partial charge in [0.05, 0.1) is 10.6 Å². The molecule has 1 aromatic heterocycles. The molecule has 6 nitrogen and oxygen atoms in total. The molecule has 0 unspecified atom stereocenters. The number of aromatic nitrogens is 3. The summed E-state index contributed by atoms with van der Waals surface area (Å²) < 4.78 is 29.6. The molecule has 0 saturated carbocycles. The van der Waals surface area contributed by atoms with Crippen molar-refractivity contribution >= 4 is 17.4 Å². The van der Waals surface area contributed by atoms with E-state index in [1.807, 2.05) is 30.3 Å². The minimum atomic E-state index is -0.746. The zero-order valence-electron chi connectivity index (χ0n) is 15.4. The van der Waals surface area contributed by atoms with Gasteiger partial charge in [0.1, 0.15) is 11.6 Å². The molecule has 0 aliphatic heterocycles. The molecule has 0 bridgehead atoms. The summed E-state index contributed by atoms with van der Waals surface area (Å²) in [5.74, 6) is -0.666. The van der Waals surface area contributed by atoms with Gasteiger partial charge in [-0.3, -0.25) is 14.7 Å². The summed E-state index contributed by atoms with van der Waals surface area (Å²) in [5.41, 5.74) is 1.53. The van der Waals surface area contributed by atoms with Gasteiger partial charge in [-0.2, -0.15) is 0 Å². The highest BCUT2D eigenvalue weighted by molar-refractivity contribution is 7.98. The van der Waals surface area contributed by atoms with Gasteiger partial charge in [0.2, 0.25) is 0 Å². The number of rotatable bonds is 6.